The van der Waals surface area contributed by atoms with Gasteiger partial charge in [-0.15, -0.1) is 5.10 Å². The molecule has 2 heterocycles. The van der Waals surface area contributed by atoms with Crippen molar-refractivity contribution in [3.8, 4) is 0 Å². The van der Waals surface area contributed by atoms with E-state index in [0.29, 0.717) is 5.78 Å². The molecule has 0 saturated heterocycles. The Labute approximate surface area is 111 Å². The molecule has 0 unspecified atom stereocenters. The van der Waals surface area contributed by atoms with Crippen molar-refractivity contribution in [1.82, 2.24) is 19.6 Å². The van der Waals surface area contributed by atoms with Gasteiger partial charge in [-0.1, -0.05) is 18.2 Å². The summed E-state index contributed by atoms with van der Waals surface area (Å²) in [4.78, 5) is 8.76. The van der Waals surface area contributed by atoms with Gasteiger partial charge in [0.25, 0.3) is 5.78 Å². The minimum atomic E-state index is 0.277. The summed E-state index contributed by atoms with van der Waals surface area (Å²) in [5, 5.41) is 13.9. The van der Waals surface area contributed by atoms with Crippen molar-refractivity contribution in [3.63, 3.8) is 0 Å². The number of hydrogen-bond acceptors (Lipinski definition) is 5. The van der Waals surface area contributed by atoms with Crippen molar-refractivity contribution in [1.29, 1.82) is 0 Å². The second kappa shape index (κ2) is 6.15. The Bertz CT molecular complexity index is 526. The lowest BCUT2D eigenvalue weighted by molar-refractivity contribution is 0.284. The van der Waals surface area contributed by atoms with E-state index in [9.17, 15) is 0 Å². The first kappa shape index (κ1) is 13.3. The molecule has 5 nitrogen and oxygen atoms in total. The van der Waals surface area contributed by atoms with Crippen molar-refractivity contribution in [3.05, 3.63) is 17.5 Å². The van der Waals surface area contributed by atoms with E-state index in [1.807, 2.05) is 19.9 Å². The largest absolute Gasteiger partial charge is 0.396 e. The number of aryl methyl sites for hydroxylation is 2. The van der Waals surface area contributed by atoms with Crippen LogP contribution < -0.4 is 0 Å². The van der Waals surface area contributed by atoms with Gasteiger partial charge in [0.2, 0.25) is 5.16 Å². The average molecular weight is 266 g/mol. The van der Waals surface area contributed by atoms with Gasteiger partial charge in [-0.3, -0.25) is 0 Å². The smallest absolute Gasteiger partial charge is 0.253 e. The number of aromatic nitrogens is 4. The molecule has 0 aromatic carbocycles. The van der Waals surface area contributed by atoms with E-state index in [-0.39, 0.29) is 6.61 Å². The van der Waals surface area contributed by atoms with Crippen molar-refractivity contribution >= 4 is 17.5 Å². The first-order chi connectivity index (χ1) is 8.70. The Hall–Kier alpha value is -1.14. The molecule has 0 spiro atoms. The third-order valence-corrected chi connectivity index (χ3v) is 3.56. The Morgan fingerprint density at radius 3 is 2.83 bits per heavy atom. The van der Waals surface area contributed by atoms with E-state index in [2.05, 4.69) is 15.1 Å². The summed E-state index contributed by atoms with van der Waals surface area (Å²) in [5.41, 5.74) is 2.02. The minimum Gasteiger partial charge on any atom is -0.396 e. The van der Waals surface area contributed by atoms with Crippen LogP contribution in [0, 0.1) is 13.8 Å². The van der Waals surface area contributed by atoms with Crippen LogP contribution in [0.5, 0.6) is 0 Å². The van der Waals surface area contributed by atoms with Crippen LogP contribution >= 0.6 is 11.8 Å². The van der Waals surface area contributed by atoms with Gasteiger partial charge >= 0.3 is 0 Å². The van der Waals surface area contributed by atoms with Crippen molar-refractivity contribution in [2.75, 3.05) is 12.4 Å². The van der Waals surface area contributed by atoms with Crippen molar-refractivity contribution in [2.45, 2.75) is 38.3 Å². The van der Waals surface area contributed by atoms with Crippen LogP contribution in [0.25, 0.3) is 5.78 Å². The number of nitrogens with zero attached hydrogens (tertiary/aromatic N) is 4. The lowest BCUT2D eigenvalue weighted by Gasteiger charge is -1.97. The van der Waals surface area contributed by atoms with Crippen molar-refractivity contribution in [2.24, 2.45) is 0 Å². The maximum atomic E-state index is 8.69. The topological polar surface area (TPSA) is 63.3 Å². The highest BCUT2D eigenvalue weighted by molar-refractivity contribution is 7.99. The quantitative estimate of drug-likeness (QED) is 0.640. The SMILES string of the molecule is Cc1cc(C)n2nc(SCCCCCO)nc2n1. The second-order valence-electron chi connectivity index (χ2n) is 4.28. The zero-order chi connectivity index (χ0) is 13.0. The summed E-state index contributed by atoms with van der Waals surface area (Å²) in [6, 6.07) is 2.00. The van der Waals surface area contributed by atoms with Crippen LogP contribution in [0.3, 0.4) is 0 Å². The molecule has 98 valence electrons. The van der Waals surface area contributed by atoms with Gasteiger partial charge in [-0.25, -0.2) is 9.50 Å². The highest BCUT2D eigenvalue weighted by atomic mass is 32.2. The summed E-state index contributed by atoms with van der Waals surface area (Å²) in [6.45, 7) is 4.25. The Balaban J connectivity index is 2.00. The molecule has 6 heteroatoms. The molecular formula is C12H18N4OS. The van der Waals surface area contributed by atoms with Crippen LogP contribution in [0.1, 0.15) is 30.7 Å². The van der Waals surface area contributed by atoms with Gasteiger partial charge in [0.05, 0.1) is 0 Å². The molecule has 0 aliphatic rings. The zero-order valence-electron chi connectivity index (χ0n) is 10.8. The molecule has 0 atom stereocenters. The summed E-state index contributed by atoms with van der Waals surface area (Å²) in [5.74, 6) is 1.65. The molecule has 0 fully saturated rings. The predicted molar refractivity (Wildman–Crippen MR) is 71.9 cm³/mol. The molecule has 0 amide bonds. The minimum absolute atomic E-state index is 0.277. The highest BCUT2D eigenvalue weighted by Gasteiger charge is 2.07. The van der Waals surface area contributed by atoms with E-state index >= 15 is 0 Å². The van der Waals surface area contributed by atoms with Gasteiger partial charge in [-0.2, -0.15) is 4.98 Å². The molecule has 2 aromatic rings. The number of unbranched alkanes of at least 4 members (excludes halogenated alkanes) is 2. The zero-order valence-corrected chi connectivity index (χ0v) is 11.6. The number of aliphatic hydroxyl groups is 1. The van der Waals surface area contributed by atoms with Crippen LogP contribution in [-0.4, -0.2) is 37.0 Å². The summed E-state index contributed by atoms with van der Waals surface area (Å²) < 4.78 is 1.78. The molecule has 2 aromatic heterocycles. The first-order valence-electron chi connectivity index (χ1n) is 6.15. The third-order valence-electron chi connectivity index (χ3n) is 2.63. The van der Waals surface area contributed by atoms with Crippen LogP contribution in [0.4, 0.5) is 0 Å². The molecule has 2 rings (SSSR count). The molecule has 0 saturated carbocycles. The maximum absolute atomic E-state index is 8.69. The van der Waals surface area contributed by atoms with Gasteiger partial charge < -0.3 is 5.11 Å². The van der Waals surface area contributed by atoms with Gasteiger partial charge in [0.1, 0.15) is 0 Å². The van der Waals surface area contributed by atoms with Crippen LogP contribution in [0.2, 0.25) is 0 Å². The monoisotopic (exact) mass is 266 g/mol. The second-order valence-corrected chi connectivity index (χ2v) is 5.34. The van der Waals surface area contributed by atoms with Crippen molar-refractivity contribution < 1.29 is 5.11 Å². The lowest BCUT2D eigenvalue weighted by Crippen LogP contribution is -1.97. The molecule has 0 aliphatic heterocycles. The normalized spacial score (nSPS) is 11.3. The van der Waals surface area contributed by atoms with Gasteiger partial charge in [-0.05, 0) is 32.8 Å². The number of thioether (sulfide) groups is 1. The van der Waals surface area contributed by atoms with Crippen LogP contribution in [-0.2, 0) is 0 Å². The Kier molecular flexibility index (Phi) is 4.54. The summed E-state index contributed by atoms with van der Waals surface area (Å²) >= 11 is 1.65. The summed E-state index contributed by atoms with van der Waals surface area (Å²) in [6.07, 6.45) is 3.00. The molecular weight excluding hydrogens is 248 g/mol. The van der Waals surface area contributed by atoms with E-state index in [1.54, 1.807) is 16.3 Å². The average Bonchev–Trinajstić information content (AvgIpc) is 2.72. The molecule has 0 radical (unpaired) electrons. The van der Waals surface area contributed by atoms with E-state index < -0.39 is 0 Å². The van der Waals surface area contributed by atoms with Gasteiger partial charge in [0.15, 0.2) is 0 Å². The Morgan fingerprint density at radius 2 is 2.06 bits per heavy atom. The number of aliphatic hydroxyl groups excluding tert-OH is 1. The molecule has 0 bridgehead atoms. The third kappa shape index (κ3) is 3.20. The highest BCUT2D eigenvalue weighted by Crippen LogP contribution is 2.17. The fourth-order valence-corrected chi connectivity index (χ4v) is 2.58. The predicted octanol–water partition coefficient (Wildman–Crippen LogP) is 2.00. The first-order valence-corrected chi connectivity index (χ1v) is 7.14. The fraction of sp³-hybridized carbons (Fsp3) is 0.583. The van der Waals surface area contributed by atoms with E-state index in [1.165, 1.54) is 0 Å². The molecule has 0 aliphatic carbocycles. The molecule has 18 heavy (non-hydrogen) atoms. The van der Waals surface area contributed by atoms with E-state index in [0.717, 1.165) is 41.6 Å². The number of rotatable bonds is 6. The lowest BCUT2D eigenvalue weighted by atomic mass is 10.3. The summed E-state index contributed by atoms with van der Waals surface area (Å²) in [7, 11) is 0. The standard InChI is InChI=1S/C12H18N4OS/c1-9-8-10(2)16-11(13-9)14-12(15-16)18-7-5-3-4-6-17/h8,17H,3-7H2,1-2H3. The maximum Gasteiger partial charge on any atom is 0.253 e. The van der Waals surface area contributed by atoms with E-state index in [4.69, 9.17) is 5.11 Å². The Morgan fingerprint density at radius 1 is 1.22 bits per heavy atom. The molecule has 1 N–H and O–H groups in total. The fourth-order valence-electron chi connectivity index (χ4n) is 1.76. The van der Waals surface area contributed by atoms with Gasteiger partial charge in [0, 0.05) is 23.7 Å². The number of hydrogen-bond donors (Lipinski definition) is 1. The number of fused-ring (bicyclic) bond motifs is 1. The van der Waals surface area contributed by atoms with Crippen LogP contribution in [0.15, 0.2) is 11.2 Å².